The summed E-state index contributed by atoms with van der Waals surface area (Å²) in [4.78, 5) is 217. The standard InChI is InChI=1S/C108H140N24O16S/c1-9-10-11-12-17-23-90(136)119-87(105(145)128-97(65(5)134)107(147)124-82(38-49-111)99(139)123-84-40-51-113-106(146)96(64(4)133)127-102(142)83(39-50-112)121-98(138)80(36-47-109)122-103(143)85(59-63(2)3)125-104(144)86(60-66-20-15-13-16-21-66)126-100(140)81(37-48-110)120-101(84)141)62-149-88-61-91(137)132(108(88)148)52-19-14-18-22-89(135)114-71-26-24-67(25-27-71)92-72-28-30-74(115-72)93(68-41-53-129(6)54-42-68)76-32-34-78(117-76)95(70-45-57-131(8)58-46-70)79-35-33-77(118-79)94(75-31-29-73(92)116-75)69-43-55-130(7)56-44-69/h13,15-16,20-21,24-35,41-46,53-58,63-65,80-88,96-97,133-134H,9-12,14,17-19,22-23,36-40,47-52,59-62,109-112H2,1-8H3,(H13-,113,114,115,116,117,118,119,120,121,122,123,124,125,126,127,128,135,136,138,139,140,141,142,143,144,145,146,147)/p+3/t64-,65-,80+,81+,82+,83+,84+,85+,86-,87+,88?,96+,97+/m1/s1. The fraction of sp³-hybridized carbons (Fsp3) is 0.435. The highest BCUT2D eigenvalue weighted by molar-refractivity contribution is 8.00. The maximum absolute atomic E-state index is 14.9. The quantitative estimate of drug-likeness (QED) is 0.0115. The van der Waals surface area contributed by atoms with Crippen molar-refractivity contribution in [2.45, 2.75) is 228 Å². The SMILES string of the molecule is CCCCCCCC(=O)N[C@@H](CSC1CC(=O)N(CCCCCC(=O)Nc2ccc(C3=c4ccc([nH]4)=C(c4cc[n+](C)cc4)c4ccc([nH]4)C(c4cc[n+](C)cc4)=c4ccc([nH]4)=C(c4cc[n+](C)cc4)c4ccc3[nH]4)cc2)C1=O)C(=O)N[C@H](C(=O)N[C@@H](CCN)C(=O)N[C@H]1CCNC(=O)[C@H]([C@@H](C)O)NC(=O)[C@H](CCN)NC(=O)[C@H](CCN)NC(=O)[C@H](CC(C)C)NC(=O)[C@@H](Cc2ccccc2)NC(=O)[C@H](CCN)NC1=O)[C@@H](C)O. The molecule has 26 N–H and O–H groups in total. The number of anilines is 1. The summed E-state index contributed by atoms with van der Waals surface area (Å²) in [7, 11) is 5.97. The normalized spacial score (nSPS) is 19.4. The van der Waals surface area contributed by atoms with Gasteiger partial charge < -0.3 is 117 Å². The van der Waals surface area contributed by atoms with Crippen LogP contribution in [0.2, 0.25) is 0 Å². The Morgan fingerprint density at radius 1 is 0.456 bits per heavy atom. The Kier molecular flexibility index (Phi) is 41.7. The van der Waals surface area contributed by atoms with Gasteiger partial charge >= 0.3 is 0 Å². The van der Waals surface area contributed by atoms with Crippen LogP contribution >= 0.6 is 11.8 Å². The first-order valence-corrected chi connectivity index (χ1v) is 52.2. The first-order valence-electron chi connectivity index (χ1n) is 51.1. The van der Waals surface area contributed by atoms with Gasteiger partial charge in [-0.05, 0) is 192 Å². The number of benzene rings is 2. The minimum atomic E-state index is -1.88. The van der Waals surface area contributed by atoms with Crippen LogP contribution in [-0.2, 0) is 94.7 Å². The Bertz CT molecular complexity index is 6460. The molecule has 2 aromatic carbocycles. The van der Waals surface area contributed by atoms with E-state index >= 15 is 0 Å². The number of nitrogens with two attached hydrogens (primary N) is 4. The predicted octanol–water partition coefficient (Wildman–Crippen LogP) is -1.69. The molecule has 794 valence electrons. The molecule has 2 fully saturated rings. The molecule has 13 atom stereocenters. The van der Waals surface area contributed by atoms with Gasteiger partial charge in [0, 0.05) is 153 Å². The van der Waals surface area contributed by atoms with Gasteiger partial charge in [0.1, 0.15) is 81.6 Å². The molecule has 0 spiro atoms. The molecule has 0 aliphatic carbocycles. The predicted molar refractivity (Wildman–Crippen MR) is 560 cm³/mol. The number of thioether (sulfide) groups is 1. The zero-order chi connectivity index (χ0) is 107. The number of aryl methyl sites for hydroxylation is 3. The van der Waals surface area contributed by atoms with Crippen LogP contribution in [0.25, 0.3) is 22.3 Å². The number of fused-ring (bicyclic) bond motifs is 8. The molecule has 9 aromatic rings. The lowest BCUT2D eigenvalue weighted by atomic mass is 10.00. The lowest BCUT2D eigenvalue weighted by Gasteiger charge is -2.29. The number of carbonyl (C=O) groups excluding carboxylic acids is 14. The van der Waals surface area contributed by atoms with Crippen molar-refractivity contribution in [2.75, 3.05) is 50.3 Å². The van der Waals surface area contributed by atoms with Crippen LogP contribution in [0, 0.1) is 5.92 Å². The summed E-state index contributed by atoms with van der Waals surface area (Å²) in [6.45, 7) is 6.60. The van der Waals surface area contributed by atoms with E-state index in [4.69, 9.17) is 22.9 Å². The average Bonchev–Trinajstić information content (AvgIpc) is 1.61. The highest BCUT2D eigenvalue weighted by atomic mass is 32.2. The summed E-state index contributed by atoms with van der Waals surface area (Å²) >= 11 is 0.931. The molecule has 0 saturated carbocycles. The maximum atomic E-state index is 14.9. The van der Waals surface area contributed by atoms with Gasteiger partial charge in [-0.15, -0.1) is 11.8 Å². The number of aliphatic hydroxyl groups excluding tert-OH is 2. The zero-order valence-corrected chi connectivity index (χ0v) is 86.4. The van der Waals surface area contributed by atoms with Crippen molar-refractivity contribution in [3.05, 3.63) is 249 Å². The second-order valence-electron chi connectivity index (χ2n) is 38.6. The van der Waals surface area contributed by atoms with Gasteiger partial charge in [-0.3, -0.25) is 72.0 Å². The molecule has 14 amide bonds. The third-order valence-corrected chi connectivity index (χ3v) is 27.7. The molecule has 3 aliphatic rings. The van der Waals surface area contributed by atoms with E-state index in [9.17, 15) is 77.3 Å². The van der Waals surface area contributed by atoms with Gasteiger partial charge in [0.15, 0.2) is 37.2 Å². The number of aliphatic hydroxyl groups is 2. The Morgan fingerprint density at radius 3 is 1.38 bits per heavy atom. The van der Waals surface area contributed by atoms with Crippen molar-refractivity contribution < 1.29 is 91.0 Å². The van der Waals surface area contributed by atoms with E-state index in [1.165, 1.54) is 13.8 Å². The van der Waals surface area contributed by atoms with Crippen molar-refractivity contribution in [1.29, 1.82) is 0 Å². The molecule has 0 radical (unpaired) electrons. The second-order valence-corrected chi connectivity index (χ2v) is 39.9. The Morgan fingerprint density at radius 2 is 0.906 bits per heavy atom. The van der Waals surface area contributed by atoms with E-state index in [0.717, 1.165) is 125 Å². The van der Waals surface area contributed by atoms with Crippen LogP contribution in [-0.4, -0.2) is 241 Å². The van der Waals surface area contributed by atoms with Crippen LogP contribution in [0.5, 0.6) is 0 Å². The minimum absolute atomic E-state index is 0.00477. The molecule has 149 heavy (non-hydrogen) atoms. The number of hydrogen-bond acceptors (Lipinski definition) is 21. The van der Waals surface area contributed by atoms with Crippen molar-refractivity contribution in [1.82, 2.24) is 83.3 Å². The molecule has 7 aromatic heterocycles. The van der Waals surface area contributed by atoms with Crippen molar-refractivity contribution in [2.24, 2.45) is 50.0 Å². The Hall–Kier alpha value is -14.6. The van der Waals surface area contributed by atoms with Gasteiger partial charge in [0.2, 0.25) is 82.7 Å². The molecule has 3 aliphatic heterocycles. The van der Waals surface area contributed by atoms with E-state index in [1.807, 2.05) is 103 Å². The molecule has 41 heteroatoms. The summed E-state index contributed by atoms with van der Waals surface area (Å²) < 4.78 is 6.01. The smallest absolute Gasteiger partial charge is 0.245 e. The number of carbonyl (C=O) groups is 14. The largest absolute Gasteiger partial charge is 0.391 e. The highest BCUT2D eigenvalue weighted by Crippen LogP contribution is 2.31. The second kappa shape index (κ2) is 54.9. The Balaban J connectivity index is 0.709. The van der Waals surface area contributed by atoms with Crippen molar-refractivity contribution >= 4 is 122 Å². The summed E-state index contributed by atoms with van der Waals surface area (Å²) in [5.41, 5.74) is 36.2. The van der Waals surface area contributed by atoms with E-state index in [0.29, 0.717) is 43.4 Å². The summed E-state index contributed by atoms with van der Waals surface area (Å²) in [6, 6.07) is 29.9. The monoisotopic (exact) mass is 2060 g/mol. The van der Waals surface area contributed by atoms with E-state index < -0.39 is 168 Å². The lowest BCUT2D eigenvalue weighted by molar-refractivity contribution is -0.671. The fourth-order valence-electron chi connectivity index (χ4n) is 18.3. The fourth-order valence-corrected chi connectivity index (χ4v) is 19.4. The number of likely N-dealkylation sites (tertiary alicyclic amines) is 1. The van der Waals surface area contributed by atoms with Gasteiger partial charge in [-0.1, -0.05) is 95.3 Å². The molecular formula is C108H143N24O16S+3. The van der Waals surface area contributed by atoms with Gasteiger partial charge in [0.05, 0.1) is 17.5 Å². The van der Waals surface area contributed by atoms with Gasteiger partial charge in [-0.25, -0.2) is 13.7 Å². The van der Waals surface area contributed by atoms with E-state index in [1.54, 1.807) is 44.2 Å². The van der Waals surface area contributed by atoms with Crippen molar-refractivity contribution in [3.8, 4) is 0 Å². The van der Waals surface area contributed by atoms with Crippen LogP contribution < -0.4 is 122 Å². The first-order chi connectivity index (χ1) is 71.6. The Labute approximate surface area is 869 Å². The third-order valence-electron chi connectivity index (χ3n) is 26.4. The summed E-state index contributed by atoms with van der Waals surface area (Å²) in [6.07, 6.45) is 12.1. The molecule has 40 nitrogen and oxygen atoms in total. The van der Waals surface area contributed by atoms with Crippen LogP contribution in [0.3, 0.4) is 0 Å². The molecule has 1 unspecified atom stereocenters. The minimum Gasteiger partial charge on any atom is -0.391 e. The van der Waals surface area contributed by atoms with E-state index in [2.05, 4.69) is 169 Å². The van der Waals surface area contributed by atoms with Crippen LogP contribution in [0.15, 0.2) is 177 Å². The number of nitrogens with zero attached hydrogens (tertiary/aromatic N) is 4. The molecule has 12 rings (SSSR count). The number of nitrogens with one attached hydrogen (secondary N) is 16. The lowest BCUT2D eigenvalue weighted by Crippen LogP contribution is -2.62. The number of H-pyrrole nitrogens is 4. The number of aromatic nitrogens is 7. The summed E-state index contributed by atoms with van der Waals surface area (Å²) in [5, 5.41) is 56.4. The molecular weight excluding hydrogens is 1920 g/mol. The third kappa shape index (κ3) is 31.3. The topological polar surface area (TPSA) is 606 Å². The average molecular weight is 2070 g/mol. The van der Waals surface area contributed by atoms with Crippen molar-refractivity contribution in [3.63, 3.8) is 0 Å². The van der Waals surface area contributed by atoms with Gasteiger partial charge in [0.25, 0.3) is 0 Å². The van der Waals surface area contributed by atoms with Crippen LogP contribution in [0.1, 0.15) is 194 Å². The maximum Gasteiger partial charge on any atom is 0.245 e. The number of rotatable bonds is 41. The number of hydrogen-bond donors (Lipinski definition) is 22. The zero-order valence-electron chi connectivity index (χ0n) is 85.6. The summed E-state index contributed by atoms with van der Waals surface area (Å²) in [5.74, 6) is -12.2. The number of amides is 14. The van der Waals surface area contributed by atoms with E-state index in [-0.39, 0.29) is 108 Å². The highest BCUT2D eigenvalue weighted by Gasteiger charge is 2.42. The molecule has 2 saturated heterocycles. The number of aromatic amines is 4. The van der Waals surface area contributed by atoms with Crippen LogP contribution in [0.4, 0.5) is 5.69 Å². The number of pyridine rings is 3. The number of unbranched alkanes of at least 4 members (excludes halogenated alkanes) is 6. The first kappa shape index (κ1) is 113. The van der Waals surface area contributed by atoms with Gasteiger partial charge in [-0.2, -0.15) is 0 Å². The molecule has 10 heterocycles. The number of imide groups is 1. The molecule has 8 bridgehead atoms.